The molecule has 6 heteroatoms. The molecule has 1 amide bonds. The number of likely N-dealkylation sites (tertiary alicyclic amines) is 1. The molecule has 2 aliphatic rings. The van der Waals surface area contributed by atoms with Gasteiger partial charge in [0.25, 0.3) is 11.7 Å². The maximum atomic E-state index is 13.2. The monoisotopic (exact) mass is 462 g/mol. The van der Waals surface area contributed by atoms with Gasteiger partial charge in [-0.3, -0.25) is 14.5 Å². The predicted molar refractivity (Wildman–Crippen MR) is 133 cm³/mol. The summed E-state index contributed by atoms with van der Waals surface area (Å²) in [6.07, 6.45) is 0. The normalized spacial score (nSPS) is 21.3. The number of aliphatic hydroxyl groups excluding tert-OH is 1. The highest BCUT2D eigenvalue weighted by Crippen LogP contribution is 2.40. The number of carbonyl (C=O) groups excluding carboxylic acids is 2. The van der Waals surface area contributed by atoms with Gasteiger partial charge in [0.2, 0.25) is 0 Å². The molecule has 0 radical (unpaired) electrons. The Hall–Kier alpha value is -2.96. The molecule has 1 unspecified atom stereocenters. The van der Waals surface area contributed by atoms with Gasteiger partial charge in [0.05, 0.1) is 24.8 Å². The summed E-state index contributed by atoms with van der Waals surface area (Å²) in [6, 6.07) is 14.7. The van der Waals surface area contributed by atoms with E-state index in [0.29, 0.717) is 31.9 Å². The number of benzene rings is 2. The Morgan fingerprint density at radius 2 is 1.59 bits per heavy atom. The van der Waals surface area contributed by atoms with E-state index in [1.54, 1.807) is 17.0 Å². The van der Waals surface area contributed by atoms with Crippen LogP contribution in [-0.4, -0.2) is 66.0 Å². The SMILES string of the molecule is Cc1ccc(/C(O)=C2\C(=O)C(=O)N(CCN3CCOCC3)C2c2ccc(C(C)(C)C)cc2)cc1. The minimum Gasteiger partial charge on any atom is -0.507 e. The zero-order valence-corrected chi connectivity index (χ0v) is 20.5. The third-order valence-electron chi connectivity index (χ3n) is 6.72. The van der Waals surface area contributed by atoms with Crippen molar-refractivity contribution in [2.45, 2.75) is 39.2 Å². The second-order valence-electron chi connectivity index (χ2n) is 10.2. The van der Waals surface area contributed by atoms with Gasteiger partial charge in [0.1, 0.15) is 5.76 Å². The summed E-state index contributed by atoms with van der Waals surface area (Å²) in [5, 5.41) is 11.2. The summed E-state index contributed by atoms with van der Waals surface area (Å²) >= 11 is 0. The average molecular weight is 463 g/mol. The first-order valence-electron chi connectivity index (χ1n) is 11.9. The van der Waals surface area contributed by atoms with E-state index in [9.17, 15) is 14.7 Å². The van der Waals surface area contributed by atoms with Crippen molar-refractivity contribution in [1.82, 2.24) is 9.80 Å². The average Bonchev–Trinajstić information content (AvgIpc) is 3.08. The van der Waals surface area contributed by atoms with Gasteiger partial charge < -0.3 is 14.7 Å². The number of carbonyl (C=O) groups is 2. The number of ketones is 1. The fraction of sp³-hybridized carbons (Fsp3) is 0.429. The number of amides is 1. The quantitative estimate of drug-likeness (QED) is 0.413. The maximum absolute atomic E-state index is 13.2. The predicted octanol–water partition coefficient (Wildman–Crippen LogP) is 4.05. The zero-order chi connectivity index (χ0) is 24.5. The molecule has 2 aliphatic heterocycles. The lowest BCUT2D eigenvalue weighted by molar-refractivity contribution is -0.140. The topological polar surface area (TPSA) is 70.1 Å². The maximum Gasteiger partial charge on any atom is 0.295 e. The Morgan fingerprint density at radius 1 is 0.971 bits per heavy atom. The number of aliphatic hydroxyl groups is 1. The lowest BCUT2D eigenvalue weighted by Crippen LogP contribution is -2.42. The van der Waals surface area contributed by atoms with Crippen molar-refractivity contribution in [2.24, 2.45) is 0 Å². The highest BCUT2D eigenvalue weighted by molar-refractivity contribution is 6.46. The van der Waals surface area contributed by atoms with Crippen LogP contribution in [0.3, 0.4) is 0 Å². The second-order valence-corrected chi connectivity index (χ2v) is 10.2. The number of Topliss-reactive ketones (excluding diaryl/α,β-unsaturated/α-hetero) is 1. The zero-order valence-electron chi connectivity index (χ0n) is 20.5. The molecule has 2 aromatic carbocycles. The number of hydrogen-bond acceptors (Lipinski definition) is 5. The number of aryl methyl sites for hydroxylation is 1. The van der Waals surface area contributed by atoms with E-state index in [1.165, 1.54) is 5.56 Å². The van der Waals surface area contributed by atoms with Crippen molar-refractivity contribution in [2.75, 3.05) is 39.4 Å². The summed E-state index contributed by atoms with van der Waals surface area (Å²) < 4.78 is 5.43. The van der Waals surface area contributed by atoms with Crippen molar-refractivity contribution in [3.63, 3.8) is 0 Å². The number of morpholine rings is 1. The molecule has 6 nitrogen and oxygen atoms in total. The van der Waals surface area contributed by atoms with Gasteiger partial charge in [-0.1, -0.05) is 74.9 Å². The molecular weight excluding hydrogens is 428 g/mol. The lowest BCUT2D eigenvalue weighted by atomic mass is 9.85. The molecule has 2 aromatic rings. The molecule has 2 fully saturated rings. The van der Waals surface area contributed by atoms with Gasteiger partial charge in [-0.15, -0.1) is 0 Å². The highest BCUT2D eigenvalue weighted by atomic mass is 16.5. The number of rotatable bonds is 5. The van der Waals surface area contributed by atoms with Crippen LogP contribution in [0.1, 0.15) is 49.1 Å². The van der Waals surface area contributed by atoms with Crippen molar-refractivity contribution in [1.29, 1.82) is 0 Å². The summed E-state index contributed by atoms with van der Waals surface area (Å²) in [5.41, 5.74) is 3.71. The fourth-order valence-electron chi connectivity index (χ4n) is 4.56. The second kappa shape index (κ2) is 9.72. The summed E-state index contributed by atoms with van der Waals surface area (Å²) in [4.78, 5) is 30.2. The lowest BCUT2D eigenvalue weighted by Gasteiger charge is -2.31. The van der Waals surface area contributed by atoms with E-state index in [2.05, 4.69) is 25.7 Å². The van der Waals surface area contributed by atoms with Crippen LogP contribution in [-0.2, 0) is 19.7 Å². The Morgan fingerprint density at radius 3 is 2.18 bits per heavy atom. The van der Waals surface area contributed by atoms with Crippen LogP contribution in [0.4, 0.5) is 0 Å². The Balaban J connectivity index is 1.74. The van der Waals surface area contributed by atoms with Crippen molar-refractivity contribution < 1.29 is 19.4 Å². The molecule has 1 N–H and O–H groups in total. The summed E-state index contributed by atoms with van der Waals surface area (Å²) in [6.45, 7) is 12.4. The molecule has 0 spiro atoms. The molecule has 34 heavy (non-hydrogen) atoms. The molecule has 0 aromatic heterocycles. The van der Waals surface area contributed by atoms with Gasteiger partial charge in [-0.05, 0) is 23.5 Å². The van der Waals surface area contributed by atoms with E-state index < -0.39 is 17.7 Å². The summed E-state index contributed by atoms with van der Waals surface area (Å²) in [7, 11) is 0. The van der Waals surface area contributed by atoms with E-state index >= 15 is 0 Å². The first-order valence-corrected chi connectivity index (χ1v) is 11.9. The highest BCUT2D eigenvalue weighted by Gasteiger charge is 2.46. The smallest absolute Gasteiger partial charge is 0.295 e. The Labute approximate surface area is 201 Å². The van der Waals surface area contributed by atoms with E-state index in [1.807, 2.05) is 43.3 Å². The Kier molecular flexibility index (Phi) is 6.91. The van der Waals surface area contributed by atoms with Gasteiger partial charge in [-0.2, -0.15) is 0 Å². The van der Waals surface area contributed by atoms with E-state index in [0.717, 1.165) is 24.2 Å². The van der Waals surface area contributed by atoms with Gasteiger partial charge in [0, 0.05) is 31.7 Å². The molecule has 4 rings (SSSR count). The van der Waals surface area contributed by atoms with Crippen LogP contribution in [0.15, 0.2) is 54.1 Å². The molecule has 1 atom stereocenters. The minimum absolute atomic E-state index is 0.0153. The molecule has 2 saturated heterocycles. The van der Waals surface area contributed by atoms with Crippen molar-refractivity contribution in [3.8, 4) is 0 Å². The van der Waals surface area contributed by atoms with Crippen molar-refractivity contribution in [3.05, 3.63) is 76.4 Å². The fourth-order valence-corrected chi connectivity index (χ4v) is 4.56. The molecule has 180 valence electrons. The minimum atomic E-state index is -0.634. The molecule has 2 heterocycles. The molecule has 0 saturated carbocycles. The first-order chi connectivity index (χ1) is 16.2. The number of nitrogens with zero attached hydrogens (tertiary/aromatic N) is 2. The molecular formula is C28H34N2O4. The van der Waals surface area contributed by atoms with Crippen LogP contribution >= 0.6 is 0 Å². The van der Waals surface area contributed by atoms with Crippen molar-refractivity contribution >= 4 is 17.4 Å². The Bertz CT molecular complexity index is 1070. The van der Waals surface area contributed by atoms with Crippen LogP contribution in [0.25, 0.3) is 5.76 Å². The van der Waals surface area contributed by atoms with E-state index in [-0.39, 0.29) is 16.7 Å². The van der Waals surface area contributed by atoms with Gasteiger partial charge in [-0.25, -0.2) is 0 Å². The van der Waals surface area contributed by atoms with Crippen LogP contribution < -0.4 is 0 Å². The standard InChI is InChI=1S/C28H34N2O4/c1-19-5-7-21(8-6-19)25(31)23-24(20-9-11-22(12-10-20)28(2,3)4)30(27(33)26(23)32)14-13-29-15-17-34-18-16-29/h5-12,24,31H,13-18H2,1-4H3/b25-23+. The van der Waals surface area contributed by atoms with Gasteiger partial charge >= 0.3 is 0 Å². The largest absolute Gasteiger partial charge is 0.507 e. The molecule has 0 bridgehead atoms. The van der Waals surface area contributed by atoms with E-state index in [4.69, 9.17) is 4.74 Å². The first kappa shape index (κ1) is 24.2. The van der Waals surface area contributed by atoms with Crippen LogP contribution in [0.5, 0.6) is 0 Å². The number of ether oxygens (including phenoxy) is 1. The molecule has 0 aliphatic carbocycles. The third kappa shape index (κ3) is 4.93. The van der Waals surface area contributed by atoms with Crippen LogP contribution in [0.2, 0.25) is 0 Å². The summed E-state index contributed by atoms with van der Waals surface area (Å²) in [5.74, 6) is -1.33. The van der Waals surface area contributed by atoms with Crippen LogP contribution in [0, 0.1) is 6.92 Å². The number of hydrogen-bond donors (Lipinski definition) is 1. The van der Waals surface area contributed by atoms with Gasteiger partial charge in [0.15, 0.2) is 0 Å². The third-order valence-corrected chi connectivity index (χ3v) is 6.72.